The van der Waals surface area contributed by atoms with E-state index in [0.29, 0.717) is 25.9 Å². The first-order valence-corrected chi connectivity index (χ1v) is 10.8. The standard InChI is InChI=1S/C19H26N2O7S/c1-14-3-5-16(6-4-14)29(25,26)20-10-7-18(23)28-13-17(22)21-11-8-15(9-12-21)19(24)27-2/h3-6,15,20H,7-13H2,1-2H3. The number of ether oxygens (including phenoxy) is 2. The van der Waals surface area contributed by atoms with Crippen molar-refractivity contribution in [3.63, 3.8) is 0 Å². The van der Waals surface area contributed by atoms with Gasteiger partial charge in [0.05, 0.1) is 24.3 Å². The maximum atomic E-state index is 12.1. The smallest absolute Gasteiger partial charge is 0.308 e. The van der Waals surface area contributed by atoms with E-state index in [2.05, 4.69) is 4.72 Å². The predicted octanol–water partition coefficient (Wildman–Crippen LogP) is 0.618. The van der Waals surface area contributed by atoms with Crippen molar-refractivity contribution in [3.8, 4) is 0 Å². The minimum Gasteiger partial charge on any atom is -0.469 e. The fourth-order valence-electron chi connectivity index (χ4n) is 2.93. The Kier molecular flexibility index (Phi) is 8.15. The van der Waals surface area contributed by atoms with Crippen LogP contribution in [0.25, 0.3) is 0 Å². The zero-order chi connectivity index (χ0) is 21.4. The van der Waals surface area contributed by atoms with Crippen LogP contribution in [0.4, 0.5) is 0 Å². The maximum absolute atomic E-state index is 12.1. The highest BCUT2D eigenvalue weighted by Gasteiger charge is 2.28. The molecular formula is C19H26N2O7S. The van der Waals surface area contributed by atoms with Gasteiger partial charge in [-0.25, -0.2) is 13.1 Å². The normalized spacial score (nSPS) is 15.0. The zero-order valence-corrected chi connectivity index (χ0v) is 17.4. The summed E-state index contributed by atoms with van der Waals surface area (Å²) in [7, 11) is -2.37. The van der Waals surface area contributed by atoms with Crippen LogP contribution in [0.2, 0.25) is 0 Å². The number of nitrogens with zero attached hydrogens (tertiary/aromatic N) is 1. The number of methoxy groups -OCH3 is 1. The number of amides is 1. The van der Waals surface area contributed by atoms with E-state index in [-0.39, 0.29) is 35.7 Å². The van der Waals surface area contributed by atoms with E-state index in [4.69, 9.17) is 9.47 Å². The number of carbonyl (C=O) groups is 3. The maximum Gasteiger partial charge on any atom is 0.308 e. The number of sulfonamides is 1. The molecule has 0 radical (unpaired) electrons. The Morgan fingerprint density at radius 3 is 2.34 bits per heavy atom. The average molecular weight is 426 g/mol. The summed E-state index contributed by atoms with van der Waals surface area (Å²) in [6, 6.07) is 6.33. The fourth-order valence-corrected chi connectivity index (χ4v) is 3.96. The van der Waals surface area contributed by atoms with Crippen LogP contribution in [0.3, 0.4) is 0 Å². The van der Waals surface area contributed by atoms with Gasteiger partial charge in [-0.05, 0) is 31.9 Å². The molecule has 0 spiro atoms. The predicted molar refractivity (Wildman–Crippen MR) is 103 cm³/mol. The molecule has 1 aliphatic heterocycles. The molecule has 1 saturated heterocycles. The van der Waals surface area contributed by atoms with Crippen molar-refractivity contribution in [1.82, 2.24) is 9.62 Å². The summed E-state index contributed by atoms with van der Waals surface area (Å²) in [6.45, 7) is 2.10. The van der Waals surface area contributed by atoms with Gasteiger partial charge in [0.2, 0.25) is 10.0 Å². The van der Waals surface area contributed by atoms with Crippen LogP contribution < -0.4 is 4.72 Å². The molecular weight excluding hydrogens is 400 g/mol. The Bertz CT molecular complexity index is 829. The van der Waals surface area contributed by atoms with Crippen molar-refractivity contribution < 1.29 is 32.3 Å². The van der Waals surface area contributed by atoms with Gasteiger partial charge in [0.15, 0.2) is 6.61 Å². The molecule has 1 aromatic rings. The van der Waals surface area contributed by atoms with Gasteiger partial charge in [-0.3, -0.25) is 14.4 Å². The lowest BCUT2D eigenvalue weighted by atomic mass is 9.97. The number of carbonyl (C=O) groups excluding carboxylic acids is 3. The average Bonchev–Trinajstić information content (AvgIpc) is 2.71. The molecule has 0 bridgehead atoms. The van der Waals surface area contributed by atoms with E-state index in [9.17, 15) is 22.8 Å². The molecule has 1 aliphatic rings. The lowest BCUT2D eigenvalue weighted by Gasteiger charge is -2.30. The summed E-state index contributed by atoms with van der Waals surface area (Å²) in [4.78, 5) is 37.0. The Balaban J connectivity index is 1.69. The number of nitrogens with one attached hydrogen (secondary N) is 1. The highest BCUT2D eigenvalue weighted by atomic mass is 32.2. The molecule has 29 heavy (non-hydrogen) atoms. The second-order valence-electron chi connectivity index (χ2n) is 6.80. The molecule has 0 saturated carbocycles. The highest BCUT2D eigenvalue weighted by Crippen LogP contribution is 2.18. The van der Waals surface area contributed by atoms with Gasteiger partial charge in [-0.1, -0.05) is 17.7 Å². The summed E-state index contributed by atoms with van der Waals surface area (Å²) in [5.74, 6) is -1.51. The SMILES string of the molecule is COC(=O)C1CCN(C(=O)COC(=O)CCNS(=O)(=O)c2ccc(C)cc2)CC1. The summed E-state index contributed by atoms with van der Waals surface area (Å²) in [5.41, 5.74) is 0.937. The van der Waals surface area contributed by atoms with Crippen molar-refractivity contribution in [2.24, 2.45) is 5.92 Å². The van der Waals surface area contributed by atoms with E-state index >= 15 is 0 Å². The Morgan fingerprint density at radius 2 is 1.76 bits per heavy atom. The number of hydrogen-bond acceptors (Lipinski definition) is 7. The zero-order valence-electron chi connectivity index (χ0n) is 16.5. The second-order valence-corrected chi connectivity index (χ2v) is 8.57. The van der Waals surface area contributed by atoms with Crippen molar-refractivity contribution in [2.75, 3.05) is 33.4 Å². The quantitative estimate of drug-likeness (QED) is 0.605. The van der Waals surface area contributed by atoms with Crippen molar-refractivity contribution in [2.45, 2.75) is 31.1 Å². The number of esters is 2. The number of rotatable bonds is 8. The number of aryl methyl sites for hydroxylation is 1. The molecule has 1 heterocycles. The van der Waals surface area contributed by atoms with Crippen molar-refractivity contribution in [1.29, 1.82) is 0 Å². The molecule has 0 unspecified atom stereocenters. The van der Waals surface area contributed by atoms with Gasteiger partial charge >= 0.3 is 11.9 Å². The third-order valence-electron chi connectivity index (χ3n) is 4.69. The molecule has 1 N–H and O–H groups in total. The topological polar surface area (TPSA) is 119 Å². The number of benzene rings is 1. The molecule has 1 amide bonds. The van der Waals surface area contributed by atoms with E-state index in [1.807, 2.05) is 6.92 Å². The van der Waals surface area contributed by atoms with Gasteiger partial charge in [0, 0.05) is 19.6 Å². The summed E-state index contributed by atoms with van der Waals surface area (Å²) >= 11 is 0. The van der Waals surface area contributed by atoms with Crippen LogP contribution in [0, 0.1) is 12.8 Å². The highest BCUT2D eigenvalue weighted by molar-refractivity contribution is 7.89. The second kappa shape index (κ2) is 10.4. The first-order chi connectivity index (χ1) is 13.7. The van der Waals surface area contributed by atoms with Crippen LogP contribution in [0.1, 0.15) is 24.8 Å². The molecule has 9 nitrogen and oxygen atoms in total. The van der Waals surface area contributed by atoms with Gasteiger partial charge in [-0.2, -0.15) is 0 Å². The van der Waals surface area contributed by atoms with E-state index < -0.39 is 22.6 Å². The lowest BCUT2D eigenvalue weighted by molar-refractivity contribution is -0.154. The van der Waals surface area contributed by atoms with E-state index in [1.165, 1.54) is 24.1 Å². The first-order valence-electron chi connectivity index (χ1n) is 9.30. The number of hydrogen-bond donors (Lipinski definition) is 1. The molecule has 0 aliphatic carbocycles. The first kappa shape index (κ1) is 22.8. The van der Waals surface area contributed by atoms with Crippen LogP contribution in [0.5, 0.6) is 0 Å². The van der Waals surface area contributed by atoms with Crippen LogP contribution in [-0.2, 0) is 33.9 Å². The van der Waals surface area contributed by atoms with Crippen molar-refractivity contribution >= 4 is 27.9 Å². The van der Waals surface area contributed by atoms with E-state index in [1.54, 1.807) is 12.1 Å². The minimum atomic E-state index is -3.71. The van der Waals surface area contributed by atoms with Crippen LogP contribution in [-0.4, -0.2) is 64.5 Å². The molecule has 0 aromatic heterocycles. The summed E-state index contributed by atoms with van der Waals surface area (Å²) < 4.78 is 36.2. The molecule has 1 fully saturated rings. The van der Waals surface area contributed by atoms with Gasteiger partial charge in [0.25, 0.3) is 5.91 Å². The minimum absolute atomic E-state index is 0.113. The van der Waals surface area contributed by atoms with Gasteiger partial charge < -0.3 is 14.4 Å². The lowest BCUT2D eigenvalue weighted by Crippen LogP contribution is -2.42. The summed E-state index contributed by atoms with van der Waals surface area (Å²) in [5, 5.41) is 0. The third kappa shape index (κ3) is 6.82. The molecule has 2 rings (SSSR count). The molecule has 160 valence electrons. The third-order valence-corrected chi connectivity index (χ3v) is 6.17. The van der Waals surface area contributed by atoms with Crippen LogP contribution in [0.15, 0.2) is 29.2 Å². The molecule has 1 aromatic carbocycles. The van der Waals surface area contributed by atoms with Crippen LogP contribution >= 0.6 is 0 Å². The summed E-state index contributed by atoms with van der Waals surface area (Å²) in [6.07, 6.45) is 0.823. The number of piperidine rings is 1. The van der Waals surface area contributed by atoms with Gasteiger partial charge in [-0.15, -0.1) is 0 Å². The Labute approximate surface area is 170 Å². The largest absolute Gasteiger partial charge is 0.469 e. The fraction of sp³-hybridized carbons (Fsp3) is 0.526. The number of likely N-dealkylation sites (tertiary alicyclic amines) is 1. The van der Waals surface area contributed by atoms with Crippen molar-refractivity contribution in [3.05, 3.63) is 29.8 Å². The Morgan fingerprint density at radius 1 is 1.14 bits per heavy atom. The Hall–Kier alpha value is -2.46. The molecule has 0 atom stereocenters. The molecule has 10 heteroatoms. The van der Waals surface area contributed by atoms with Gasteiger partial charge in [0.1, 0.15) is 0 Å². The monoisotopic (exact) mass is 426 g/mol. The van der Waals surface area contributed by atoms with E-state index in [0.717, 1.165) is 5.56 Å².